The summed E-state index contributed by atoms with van der Waals surface area (Å²) in [6, 6.07) is 6.63. The lowest BCUT2D eigenvalue weighted by molar-refractivity contribution is -0.275. The van der Waals surface area contributed by atoms with Gasteiger partial charge in [-0.2, -0.15) is 0 Å². The Hall–Kier alpha value is -2.51. The molecule has 0 saturated carbocycles. The third-order valence-electron chi connectivity index (χ3n) is 1.95. The van der Waals surface area contributed by atoms with Crippen molar-refractivity contribution in [3.05, 3.63) is 36.7 Å². The zero-order valence-electron chi connectivity index (χ0n) is 9.39. The van der Waals surface area contributed by atoms with Crippen molar-refractivity contribution in [2.45, 2.75) is 6.36 Å². The van der Waals surface area contributed by atoms with E-state index in [0.29, 0.717) is 0 Å². The van der Waals surface area contributed by atoms with Crippen LogP contribution in [-0.4, -0.2) is 16.3 Å². The Morgan fingerprint density at radius 2 is 1.74 bits per heavy atom. The average molecular weight is 271 g/mol. The van der Waals surface area contributed by atoms with Crippen LogP contribution in [0.2, 0.25) is 0 Å². The van der Waals surface area contributed by atoms with E-state index in [0.717, 1.165) is 12.4 Å². The summed E-state index contributed by atoms with van der Waals surface area (Å²) in [4.78, 5) is 7.36. The van der Waals surface area contributed by atoms with Crippen LogP contribution in [-0.2, 0) is 0 Å². The Kier molecular flexibility index (Phi) is 3.41. The molecule has 1 aromatic carbocycles. The molecule has 8 heteroatoms. The fourth-order valence-electron chi connectivity index (χ4n) is 1.27. The van der Waals surface area contributed by atoms with Crippen LogP contribution in [0.5, 0.6) is 17.4 Å². The van der Waals surface area contributed by atoms with Gasteiger partial charge in [-0.05, 0) is 12.1 Å². The van der Waals surface area contributed by atoms with Gasteiger partial charge in [0, 0.05) is 6.07 Å². The molecule has 1 aromatic heterocycles. The van der Waals surface area contributed by atoms with E-state index in [2.05, 4.69) is 14.7 Å². The molecule has 19 heavy (non-hydrogen) atoms. The second-order valence-electron chi connectivity index (χ2n) is 3.38. The number of aromatic nitrogens is 2. The molecule has 0 saturated heterocycles. The molecule has 0 aliphatic carbocycles. The molecule has 100 valence electrons. The smallest absolute Gasteiger partial charge is 0.435 e. The van der Waals surface area contributed by atoms with Crippen LogP contribution in [0, 0.1) is 0 Å². The maximum atomic E-state index is 12.2. The molecule has 0 unspecified atom stereocenters. The van der Waals surface area contributed by atoms with Gasteiger partial charge in [-0.1, -0.05) is 12.1 Å². The van der Waals surface area contributed by atoms with Crippen LogP contribution in [0.1, 0.15) is 0 Å². The number of hydrogen-bond donors (Lipinski definition) is 1. The molecule has 0 bridgehead atoms. The number of rotatable bonds is 3. The lowest BCUT2D eigenvalue weighted by Crippen LogP contribution is -2.17. The van der Waals surface area contributed by atoms with Crippen LogP contribution >= 0.6 is 0 Å². The second-order valence-corrected chi connectivity index (χ2v) is 3.38. The summed E-state index contributed by atoms with van der Waals surface area (Å²) in [6.45, 7) is 0. The van der Waals surface area contributed by atoms with Crippen molar-refractivity contribution in [3.8, 4) is 17.4 Å². The number of hydrogen-bond acceptors (Lipinski definition) is 5. The number of benzene rings is 1. The molecule has 2 N–H and O–H groups in total. The SMILES string of the molecule is Nc1cc(Oc2ccccc2OC(F)(F)F)ncn1. The van der Waals surface area contributed by atoms with Crippen LogP contribution in [0.4, 0.5) is 19.0 Å². The third kappa shape index (κ3) is 3.73. The summed E-state index contributed by atoms with van der Waals surface area (Å²) in [5.74, 6) is -0.435. The van der Waals surface area contributed by atoms with E-state index in [1.807, 2.05) is 0 Å². The van der Waals surface area contributed by atoms with E-state index in [-0.39, 0.29) is 17.4 Å². The van der Waals surface area contributed by atoms with Gasteiger partial charge in [0.05, 0.1) is 0 Å². The maximum absolute atomic E-state index is 12.2. The first kappa shape index (κ1) is 12.9. The fraction of sp³-hybridized carbons (Fsp3) is 0.0909. The molecule has 0 aliphatic heterocycles. The summed E-state index contributed by atoms with van der Waals surface area (Å²) >= 11 is 0. The number of anilines is 1. The van der Waals surface area contributed by atoms with Crippen LogP contribution < -0.4 is 15.2 Å². The van der Waals surface area contributed by atoms with Crippen molar-refractivity contribution in [2.75, 3.05) is 5.73 Å². The minimum atomic E-state index is -4.80. The second kappa shape index (κ2) is 5.01. The number of nitrogens with two attached hydrogens (primary N) is 1. The highest BCUT2D eigenvalue weighted by Crippen LogP contribution is 2.34. The van der Waals surface area contributed by atoms with Crippen molar-refractivity contribution in [3.63, 3.8) is 0 Å². The van der Waals surface area contributed by atoms with Crippen molar-refractivity contribution in [2.24, 2.45) is 0 Å². The largest absolute Gasteiger partial charge is 0.573 e. The standard InChI is InChI=1S/C11H8F3N3O2/c12-11(13,14)19-8-4-2-1-3-7(8)18-10-5-9(15)16-6-17-10/h1-6H,(H2,15,16,17). The number of ether oxygens (including phenoxy) is 2. The monoisotopic (exact) mass is 271 g/mol. The van der Waals surface area contributed by atoms with Crippen LogP contribution in [0.3, 0.4) is 0 Å². The van der Waals surface area contributed by atoms with Gasteiger partial charge in [-0.15, -0.1) is 13.2 Å². The van der Waals surface area contributed by atoms with Gasteiger partial charge in [-0.25, -0.2) is 9.97 Å². The minimum Gasteiger partial charge on any atom is -0.435 e. The molecule has 0 radical (unpaired) electrons. The van der Waals surface area contributed by atoms with Gasteiger partial charge in [0.25, 0.3) is 0 Å². The average Bonchev–Trinajstić information content (AvgIpc) is 2.30. The summed E-state index contributed by atoms with van der Waals surface area (Å²) in [5, 5.41) is 0. The van der Waals surface area contributed by atoms with E-state index in [4.69, 9.17) is 10.5 Å². The molecule has 2 rings (SSSR count). The summed E-state index contributed by atoms with van der Waals surface area (Å²) < 4.78 is 45.6. The Balaban J connectivity index is 2.25. The number of nitrogens with zero attached hydrogens (tertiary/aromatic N) is 2. The van der Waals surface area contributed by atoms with Crippen molar-refractivity contribution in [1.82, 2.24) is 9.97 Å². The summed E-state index contributed by atoms with van der Waals surface area (Å²) in [6.07, 6.45) is -3.66. The molecule has 5 nitrogen and oxygen atoms in total. The molecule has 0 amide bonds. The van der Waals surface area contributed by atoms with Crippen LogP contribution in [0.15, 0.2) is 36.7 Å². The highest BCUT2D eigenvalue weighted by atomic mass is 19.4. The zero-order valence-corrected chi connectivity index (χ0v) is 9.39. The van der Waals surface area contributed by atoms with Gasteiger partial charge in [-0.3, -0.25) is 0 Å². The lowest BCUT2D eigenvalue weighted by Gasteiger charge is -2.13. The number of halogens is 3. The van der Waals surface area contributed by atoms with Gasteiger partial charge in [0.2, 0.25) is 5.88 Å². The number of alkyl halides is 3. The summed E-state index contributed by atoms with van der Waals surface area (Å²) in [7, 11) is 0. The Bertz CT molecular complexity index is 575. The topological polar surface area (TPSA) is 70.3 Å². The first-order valence-electron chi connectivity index (χ1n) is 5.04. The van der Waals surface area contributed by atoms with Crippen molar-refractivity contribution < 1.29 is 22.6 Å². The van der Waals surface area contributed by atoms with E-state index >= 15 is 0 Å². The summed E-state index contributed by atoms with van der Waals surface area (Å²) in [5.41, 5.74) is 5.41. The Morgan fingerprint density at radius 1 is 1.05 bits per heavy atom. The Morgan fingerprint density at radius 3 is 2.37 bits per heavy atom. The normalized spacial score (nSPS) is 11.1. The molecule has 0 spiro atoms. The first-order chi connectivity index (χ1) is 8.94. The van der Waals surface area contributed by atoms with Crippen molar-refractivity contribution >= 4 is 5.82 Å². The van der Waals surface area contributed by atoms with Gasteiger partial charge >= 0.3 is 6.36 Å². The molecular formula is C11H8F3N3O2. The maximum Gasteiger partial charge on any atom is 0.573 e. The van der Waals surface area contributed by atoms with Crippen molar-refractivity contribution in [1.29, 1.82) is 0 Å². The molecule has 2 aromatic rings. The van der Waals surface area contributed by atoms with Crippen LogP contribution in [0.25, 0.3) is 0 Å². The van der Waals surface area contributed by atoms with Gasteiger partial charge in [0.1, 0.15) is 12.1 Å². The molecule has 0 aliphatic rings. The van der Waals surface area contributed by atoms with Gasteiger partial charge < -0.3 is 15.2 Å². The fourth-order valence-corrected chi connectivity index (χ4v) is 1.27. The number of nitrogen functional groups attached to an aromatic ring is 1. The molecule has 1 heterocycles. The first-order valence-corrected chi connectivity index (χ1v) is 5.04. The zero-order chi connectivity index (χ0) is 13.9. The molecule has 0 fully saturated rings. The van der Waals surface area contributed by atoms with E-state index < -0.39 is 12.1 Å². The quantitative estimate of drug-likeness (QED) is 0.929. The van der Waals surface area contributed by atoms with E-state index in [1.54, 1.807) is 0 Å². The van der Waals surface area contributed by atoms with E-state index in [9.17, 15) is 13.2 Å². The van der Waals surface area contributed by atoms with E-state index in [1.165, 1.54) is 24.3 Å². The highest BCUT2D eigenvalue weighted by molar-refractivity contribution is 5.42. The Labute approximate surface area is 105 Å². The predicted octanol–water partition coefficient (Wildman–Crippen LogP) is 2.75. The molecule has 0 atom stereocenters. The minimum absolute atomic E-state index is 0.0192. The highest BCUT2D eigenvalue weighted by Gasteiger charge is 2.32. The number of para-hydroxylation sites is 2. The lowest BCUT2D eigenvalue weighted by atomic mass is 10.3. The third-order valence-corrected chi connectivity index (χ3v) is 1.95. The predicted molar refractivity (Wildman–Crippen MR) is 59.6 cm³/mol. The molecular weight excluding hydrogens is 263 g/mol. The van der Waals surface area contributed by atoms with Gasteiger partial charge in [0.15, 0.2) is 11.5 Å².